The zero-order valence-corrected chi connectivity index (χ0v) is 9.60. The van der Waals surface area contributed by atoms with Gasteiger partial charge in [-0.1, -0.05) is 12.1 Å². The molecule has 0 saturated heterocycles. The van der Waals surface area contributed by atoms with Crippen molar-refractivity contribution < 1.29 is 14.6 Å². The molecule has 0 aliphatic carbocycles. The van der Waals surface area contributed by atoms with Crippen molar-refractivity contribution in [2.24, 2.45) is 0 Å². The van der Waals surface area contributed by atoms with Crippen molar-refractivity contribution in [3.05, 3.63) is 36.0 Å². The van der Waals surface area contributed by atoms with Crippen LogP contribution < -0.4 is 0 Å². The first-order valence-electron chi connectivity index (χ1n) is 4.80. The lowest BCUT2D eigenvalue weighted by atomic mass is 10.1. The lowest BCUT2D eigenvalue weighted by Crippen LogP contribution is -2.10. The lowest BCUT2D eigenvalue weighted by Gasteiger charge is -2.10. The van der Waals surface area contributed by atoms with Gasteiger partial charge in [0.05, 0.1) is 12.7 Å². The van der Waals surface area contributed by atoms with Gasteiger partial charge in [-0.3, -0.25) is 0 Å². The molecule has 0 bridgehead atoms. The van der Waals surface area contributed by atoms with Gasteiger partial charge in [0.15, 0.2) is 0 Å². The Labute approximate surface area is 94.8 Å². The molecule has 4 nitrogen and oxygen atoms in total. The van der Waals surface area contributed by atoms with Crippen LogP contribution in [-0.2, 0) is 9.53 Å². The second-order valence-corrected chi connectivity index (χ2v) is 3.54. The minimum atomic E-state index is -0.403. The third-order valence-corrected chi connectivity index (χ3v) is 1.97. The molecule has 1 aromatic carbocycles. The quantitative estimate of drug-likeness (QED) is 0.620. The van der Waals surface area contributed by atoms with Crippen molar-refractivity contribution in [3.63, 3.8) is 0 Å². The molecule has 0 aliphatic rings. The number of carbonyl (C=O) groups excluding carboxylic acids is 1. The number of phenols is 1. The predicted molar refractivity (Wildman–Crippen MR) is 61.8 cm³/mol. The molecule has 0 heterocycles. The number of ether oxygens (including phenoxy) is 1. The maximum absolute atomic E-state index is 11.6. The summed E-state index contributed by atoms with van der Waals surface area (Å²) in [6.45, 7) is 0. The number of phenolic OH excluding ortho intramolecular Hbond substituents is 1. The maximum atomic E-state index is 11.6. The average molecular weight is 221 g/mol. The van der Waals surface area contributed by atoms with Crippen molar-refractivity contribution in [2.75, 3.05) is 21.2 Å². The molecule has 1 N–H and O–H groups in total. The van der Waals surface area contributed by atoms with E-state index in [1.807, 2.05) is 14.1 Å². The SMILES string of the molecule is COC(=O)C(=CN(C)C)c1ccc(O)cc1. The van der Waals surface area contributed by atoms with Crippen LogP contribution in [0.3, 0.4) is 0 Å². The molecule has 0 aliphatic heterocycles. The van der Waals surface area contributed by atoms with Crippen LogP contribution in [0.4, 0.5) is 0 Å². The summed E-state index contributed by atoms with van der Waals surface area (Å²) in [5.74, 6) is -0.239. The third-order valence-electron chi connectivity index (χ3n) is 1.97. The van der Waals surface area contributed by atoms with Crippen LogP contribution in [0.15, 0.2) is 30.5 Å². The van der Waals surface area contributed by atoms with E-state index in [4.69, 9.17) is 4.74 Å². The molecular formula is C12H15NO3. The first-order valence-corrected chi connectivity index (χ1v) is 4.80. The number of benzene rings is 1. The van der Waals surface area contributed by atoms with Gasteiger partial charge < -0.3 is 14.7 Å². The lowest BCUT2D eigenvalue weighted by molar-refractivity contribution is -0.133. The second-order valence-electron chi connectivity index (χ2n) is 3.54. The van der Waals surface area contributed by atoms with Gasteiger partial charge >= 0.3 is 5.97 Å². The number of methoxy groups -OCH3 is 1. The minimum absolute atomic E-state index is 0.165. The highest BCUT2D eigenvalue weighted by Crippen LogP contribution is 2.19. The molecule has 1 rings (SSSR count). The number of hydrogen-bond acceptors (Lipinski definition) is 4. The Balaban J connectivity index is 3.11. The van der Waals surface area contributed by atoms with Crippen molar-refractivity contribution in [1.29, 1.82) is 0 Å². The Morgan fingerprint density at radius 3 is 2.31 bits per heavy atom. The Kier molecular flexibility index (Phi) is 3.94. The van der Waals surface area contributed by atoms with Gasteiger partial charge in [0.1, 0.15) is 5.75 Å². The topological polar surface area (TPSA) is 49.8 Å². The summed E-state index contributed by atoms with van der Waals surface area (Å²) in [5, 5.41) is 9.17. The normalized spacial score (nSPS) is 11.1. The van der Waals surface area contributed by atoms with Gasteiger partial charge in [-0.2, -0.15) is 0 Å². The fourth-order valence-electron chi connectivity index (χ4n) is 1.25. The number of aromatic hydroxyl groups is 1. The smallest absolute Gasteiger partial charge is 0.339 e. The fraction of sp³-hybridized carbons (Fsp3) is 0.250. The van der Waals surface area contributed by atoms with E-state index in [1.54, 1.807) is 23.2 Å². The predicted octanol–water partition coefficient (Wildman–Crippen LogP) is 1.47. The van der Waals surface area contributed by atoms with Gasteiger partial charge in [-0.05, 0) is 17.7 Å². The fourth-order valence-corrected chi connectivity index (χ4v) is 1.25. The summed E-state index contributed by atoms with van der Waals surface area (Å²) in [6, 6.07) is 6.40. The number of esters is 1. The summed E-state index contributed by atoms with van der Waals surface area (Å²) in [6.07, 6.45) is 1.68. The van der Waals surface area contributed by atoms with Crippen LogP contribution in [0.2, 0.25) is 0 Å². The highest BCUT2D eigenvalue weighted by molar-refractivity contribution is 6.16. The van der Waals surface area contributed by atoms with Gasteiger partial charge in [0.2, 0.25) is 0 Å². The van der Waals surface area contributed by atoms with Gasteiger partial charge in [-0.15, -0.1) is 0 Å². The highest BCUT2D eigenvalue weighted by Gasteiger charge is 2.12. The van der Waals surface area contributed by atoms with E-state index in [0.29, 0.717) is 11.1 Å². The second kappa shape index (κ2) is 5.21. The zero-order valence-electron chi connectivity index (χ0n) is 9.60. The number of hydrogen-bond donors (Lipinski definition) is 1. The Hall–Kier alpha value is -1.97. The molecule has 0 unspecified atom stereocenters. The Morgan fingerprint density at radius 2 is 1.88 bits per heavy atom. The molecule has 0 fully saturated rings. The largest absolute Gasteiger partial charge is 0.508 e. The number of rotatable bonds is 3. The molecule has 0 spiro atoms. The van der Waals surface area contributed by atoms with Gasteiger partial charge in [0.25, 0.3) is 0 Å². The van der Waals surface area contributed by atoms with Crippen LogP contribution in [0, 0.1) is 0 Å². The van der Waals surface area contributed by atoms with Gasteiger partial charge in [-0.25, -0.2) is 4.79 Å². The summed E-state index contributed by atoms with van der Waals surface area (Å²) >= 11 is 0. The van der Waals surface area contributed by atoms with E-state index in [9.17, 15) is 9.90 Å². The third kappa shape index (κ3) is 3.02. The monoisotopic (exact) mass is 221 g/mol. The molecule has 16 heavy (non-hydrogen) atoms. The van der Waals surface area contributed by atoms with E-state index in [0.717, 1.165) is 0 Å². The molecule has 0 saturated carbocycles. The summed E-state index contributed by atoms with van der Waals surface area (Å²) in [7, 11) is 4.99. The van der Waals surface area contributed by atoms with E-state index in [-0.39, 0.29) is 5.75 Å². The number of carbonyl (C=O) groups is 1. The number of nitrogens with zero attached hydrogens (tertiary/aromatic N) is 1. The first-order chi connectivity index (χ1) is 7.54. The molecule has 0 atom stereocenters. The summed E-state index contributed by atoms with van der Waals surface area (Å²) < 4.78 is 4.70. The molecule has 86 valence electrons. The maximum Gasteiger partial charge on any atom is 0.339 e. The van der Waals surface area contributed by atoms with E-state index in [1.165, 1.54) is 19.2 Å². The van der Waals surface area contributed by atoms with Crippen LogP contribution in [-0.4, -0.2) is 37.2 Å². The Bertz CT molecular complexity index is 393. The first kappa shape index (κ1) is 12.1. The van der Waals surface area contributed by atoms with Crippen LogP contribution in [0.5, 0.6) is 5.75 Å². The molecular weight excluding hydrogens is 206 g/mol. The zero-order chi connectivity index (χ0) is 12.1. The van der Waals surface area contributed by atoms with Crippen LogP contribution in [0.1, 0.15) is 5.56 Å². The molecule has 0 aromatic heterocycles. The Morgan fingerprint density at radius 1 is 1.31 bits per heavy atom. The minimum Gasteiger partial charge on any atom is -0.508 e. The van der Waals surface area contributed by atoms with Crippen LogP contribution >= 0.6 is 0 Å². The standard InChI is InChI=1S/C12H15NO3/c1-13(2)8-11(12(15)16-3)9-4-6-10(14)7-5-9/h4-8,14H,1-3H3. The summed E-state index contributed by atoms with van der Waals surface area (Å²) in [4.78, 5) is 13.3. The van der Waals surface area contributed by atoms with E-state index in [2.05, 4.69) is 0 Å². The molecule has 0 radical (unpaired) electrons. The van der Waals surface area contributed by atoms with Crippen molar-refractivity contribution in [1.82, 2.24) is 4.90 Å². The van der Waals surface area contributed by atoms with Crippen molar-refractivity contribution in [3.8, 4) is 5.75 Å². The average Bonchev–Trinajstić information content (AvgIpc) is 2.26. The van der Waals surface area contributed by atoms with E-state index >= 15 is 0 Å². The van der Waals surface area contributed by atoms with Crippen molar-refractivity contribution >= 4 is 11.5 Å². The van der Waals surface area contributed by atoms with Crippen molar-refractivity contribution in [2.45, 2.75) is 0 Å². The molecule has 4 heteroatoms. The van der Waals surface area contributed by atoms with Gasteiger partial charge in [0, 0.05) is 20.3 Å². The van der Waals surface area contributed by atoms with Crippen LogP contribution in [0.25, 0.3) is 5.57 Å². The molecule has 0 amide bonds. The molecule has 1 aromatic rings. The highest BCUT2D eigenvalue weighted by atomic mass is 16.5. The summed E-state index contributed by atoms with van der Waals surface area (Å²) in [5.41, 5.74) is 1.16. The van der Waals surface area contributed by atoms with E-state index < -0.39 is 5.97 Å².